The van der Waals surface area contributed by atoms with Gasteiger partial charge in [0.1, 0.15) is 5.75 Å². The molecule has 1 aromatic carbocycles. The van der Waals surface area contributed by atoms with E-state index in [1.807, 2.05) is 24.3 Å². The Morgan fingerprint density at radius 3 is 2.48 bits per heavy atom. The van der Waals surface area contributed by atoms with Gasteiger partial charge in [-0.05, 0) is 49.8 Å². The molecule has 23 heavy (non-hydrogen) atoms. The summed E-state index contributed by atoms with van der Waals surface area (Å²) in [6.45, 7) is 6.70. The number of benzene rings is 1. The summed E-state index contributed by atoms with van der Waals surface area (Å²) in [6, 6.07) is 9.38. The number of hydrogen-bond donors (Lipinski definition) is 2. The number of ether oxygens (including phenoxy) is 1. The Morgan fingerprint density at radius 2 is 1.96 bits per heavy atom. The number of nitrogens with one attached hydrogen (secondary N) is 2. The Kier molecular flexibility index (Phi) is 6.66. The summed E-state index contributed by atoms with van der Waals surface area (Å²) in [7, 11) is 4.01. The Labute approximate surface area is 145 Å². The summed E-state index contributed by atoms with van der Waals surface area (Å²) in [5.41, 5.74) is 1.01. The molecule has 2 N–H and O–H groups in total. The number of methoxy groups -OCH3 is 1. The summed E-state index contributed by atoms with van der Waals surface area (Å²) >= 11 is 5.57. The van der Waals surface area contributed by atoms with Crippen LogP contribution >= 0.6 is 12.2 Å². The van der Waals surface area contributed by atoms with Gasteiger partial charge in [-0.25, -0.2) is 0 Å². The van der Waals surface area contributed by atoms with E-state index in [2.05, 4.69) is 31.1 Å². The van der Waals surface area contributed by atoms with Gasteiger partial charge in [-0.3, -0.25) is 0 Å². The van der Waals surface area contributed by atoms with Gasteiger partial charge in [0.25, 0.3) is 0 Å². The molecule has 1 heterocycles. The van der Waals surface area contributed by atoms with Crippen LogP contribution in [0.1, 0.15) is 33.1 Å². The Hall–Kier alpha value is -1.33. The normalized spacial score (nSPS) is 18.3. The largest absolute Gasteiger partial charge is 0.497 e. The van der Waals surface area contributed by atoms with Crippen LogP contribution in [-0.2, 0) is 0 Å². The average Bonchev–Trinajstić information content (AvgIpc) is 2.61. The van der Waals surface area contributed by atoms with Crippen molar-refractivity contribution < 1.29 is 9.64 Å². The third kappa shape index (κ3) is 4.82. The lowest BCUT2D eigenvalue weighted by molar-refractivity contribution is -0.930. The molecule has 0 bridgehead atoms. The van der Waals surface area contributed by atoms with Gasteiger partial charge in [0.2, 0.25) is 0 Å². The molecule has 0 amide bonds. The first kappa shape index (κ1) is 18.0. The number of hydrogen-bond acceptors (Lipinski definition) is 2. The Bertz CT molecular complexity index is 497. The molecule has 0 aromatic heterocycles. The highest BCUT2D eigenvalue weighted by molar-refractivity contribution is 7.80. The van der Waals surface area contributed by atoms with Crippen LogP contribution in [-0.4, -0.2) is 49.3 Å². The molecule has 0 radical (unpaired) electrons. The van der Waals surface area contributed by atoms with Crippen molar-refractivity contribution in [3.63, 3.8) is 0 Å². The van der Waals surface area contributed by atoms with Gasteiger partial charge in [-0.1, -0.05) is 6.92 Å². The molecular formula is C18H30N3OS+. The molecule has 2 rings (SSSR count). The number of piperidine rings is 1. The van der Waals surface area contributed by atoms with Crippen LogP contribution in [0.2, 0.25) is 0 Å². The number of quaternary nitrogens is 1. The summed E-state index contributed by atoms with van der Waals surface area (Å²) in [5, 5.41) is 4.16. The van der Waals surface area contributed by atoms with E-state index in [0.29, 0.717) is 0 Å². The third-order valence-corrected chi connectivity index (χ3v) is 5.52. The molecule has 128 valence electrons. The van der Waals surface area contributed by atoms with Gasteiger partial charge in [0, 0.05) is 31.6 Å². The molecule has 1 fully saturated rings. The fraction of sp³-hybridized carbons (Fsp3) is 0.611. The van der Waals surface area contributed by atoms with E-state index in [1.165, 1.54) is 19.3 Å². The zero-order chi connectivity index (χ0) is 16.8. The lowest BCUT2D eigenvalue weighted by Crippen LogP contribution is -3.16. The summed E-state index contributed by atoms with van der Waals surface area (Å²) in [5.74, 6) is 0.860. The van der Waals surface area contributed by atoms with Gasteiger partial charge < -0.3 is 19.9 Å². The third-order valence-electron chi connectivity index (χ3n) is 5.16. The van der Waals surface area contributed by atoms with Gasteiger partial charge in [0.05, 0.1) is 26.2 Å². The predicted octanol–water partition coefficient (Wildman–Crippen LogP) is 2.17. The van der Waals surface area contributed by atoms with Crippen LogP contribution in [0.4, 0.5) is 5.69 Å². The zero-order valence-corrected chi connectivity index (χ0v) is 15.6. The number of thiocarbonyl (C=S) groups is 1. The van der Waals surface area contributed by atoms with Crippen LogP contribution < -0.4 is 15.0 Å². The molecule has 4 nitrogen and oxygen atoms in total. The van der Waals surface area contributed by atoms with E-state index in [0.717, 1.165) is 41.7 Å². The number of anilines is 1. The highest BCUT2D eigenvalue weighted by atomic mass is 32.1. The minimum absolute atomic E-state index is 0.732. The molecule has 0 spiro atoms. The summed E-state index contributed by atoms with van der Waals surface area (Å²) < 4.78 is 5.18. The second-order valence-corrected chi connectivity index (χ2v) is 6.86. The SMILES string of the molecule is CCC(C)[NH+](C)C1CCN(C(=S)Nc2ccc(OC)cc2)CC1. The first-order chi connectivity index (χ1) is 11.0. The number of likely N-dealkylation sites (tertiary alicyclic amines) is 1. The van der Waals surface area contributed by atoms with Crippen molar-refractivity contribution in [2.45, 2.75) is 45.2 Å². The fourth-order valence-electron chi connectivity index (χ4n) is 3.14. The monoisotopic (exact) mass is 336 g/mol. The Morgan fingerprint density at radius 1 is 1.35 bits per heavy atom. The molecule has 0 aliphatic carbocycles. The van der Waals surface area contributed by atoms with Crippen LogP contribution in [0.25, 0.3) is 0 Å². The summed E-state index contributed by atoms with van der Waals surface area (Å²) in [6.07, 6.45) is 3.66. The minimum Gasteiger partial charge on any atom is -0.497 e. The maximum Gasteiger partial charge on any atom is 0.173 e. The van der Waals surface area contributed by atoms with E-state index in [-0.39, 0.29) is 0 Å². The maximum atomic E-state index is 5.57. The highest BCUT2D eigenvalue weighted by Crippen LogP contribution is 2.16. The molecule has 0 saturated carbocycles. The van der Waals surface area contributed by atoms with Crippen LogP contribution in [0.5, 0.6) is 5.75 Å². The topological polar surface area (TPSA) is 28.9 Å². The average molecular weight is 337 g/mol. The van der Waals surface area contributed by atoms with Gasteiger partial charge in [-0.2, -0.15) is 0 Å². The van der Waals surface area contributed by atoms with E-state index >= 15 is 0 Å². The smallest absolute Gasteiger partial charge is 0.173 e. The van der Waals surface area contributed by atoms with Crippen LogP contribution in [0, 0.1) is 0 Å². The molecule has 1 saturated heterocycles. The van der Waals surface area contributed by atoms with E-state index < -0.39 is 0 Å². The van der Waals surface area contributed by atoms with Gasteiger partial charge in [-0.15, -0.1) is 0 Å². The lowest BCUT2D eigenvalue weighted by atomic mass is 10.0. The van der Waals surface area contributed by atoms with Gasteiger partial charge >= 0.3 is 0 Å². The van der Waals surface area contributed by atoms with Crippen molar-refractivity contribution in [2.75, 3.05) is 32.6 Å². The first-order valence-corrected chi connectivity index (χ1v) is 8.99. The minimum atomic E-state index is 0.732. The van der Waals surface area contributed by atoms with Crippen molar-refractivity contribution in [3.8, 4) is 5.75 Å². The highest BCUT2D eigenvalue weighted by Gasteiger charge is 2.28. The van der Waals surface area contributed by atoms with Crippen molar-refractivity contribution in [1.29, 1.82) is 0 Å². The van der Waals surface area contributed by atoms with E-state index in [1.54, 1.807) is 12.0 Å². The first-order valence-electron chi connectivity index (χ1n) is 8.58. The summed E-state index contributed by atoms with van der Waals surface area (Å²) in [4.78, 5) is 3.96. The molecule has 2 atom stereocenters. The van der Waals surface area contributed by atoms with E-state index in [4.69, 9.17) is 17.0 Å². The maximum absolute atomic E-state index is 5.57. The Balaban J connectivity index is 1.83. The van der Waals surface area contributed by atoms with E-state index in [9.17, 15) is 0 Å². The zero-order valence-electron chi connectivity index (χ0n) is 14.8. The van der Waals surface area contributed by atoms with Crippen molar-refractivity contribution in [3.05, 3.63) is 24.3 Å². The number of rotatable bonds is 5. The van der Waals surface area contributed by atoms with Crippen molar-refractivity contribution in [1.82, 2.24) is 4.90 Å². The second kappa shape index (κ2) is 8.50. The second-order valence-electron chi connectivity index (χ2n) is 6.47. The fourth-order valence-corrected chi connectivity index (χ4v) is 3.44. The van der Waals surface area contributed by atoms with Crippen molar-refractivity contribution >= 4 is 23.0 Å². The van der Waals surface area contributed by atoms with Gasteiger partial charge in [0.15, 0.2) is 5.11 Å². The molecule has 2 unspecified atom stereocenters. The van der Waals surface area contributed by atoms with Crippen molar-refractivity contribution in [2.24, 2.45) is 0 Å². The molecule has 1 aliphatic rings. The predicted molar refractivity (Wildman–Crippen MR) is 100 cm³/mol. The van der Waals surface area contributed by atoms with Crippen LogP contribution in [0.3, 0.4) is 0 Å². The molecular weight excluding hydrogens is 306 g/mol. The molecule has 5 heteroatoms. The molecule has 1 aromatic rings. The molecule has 1 aliphatic heterocycles. The standard InChI is InChI=1S/C18H29N3OS/c1-5-14(2)20(3)16-10-12-21(13-11-16)18(23)19-15-6-8-17(22-4)9-7-15/h6-9,14,16H,5,10-13H2,1-4H3,(H,19,23)/p+1. The quantitative estimate of drug-likeness (QED) is 0.807. The number of nitrogens with zero attached hydrogens (tertiary/aromatic N) is 1. The lowest BCUT2D eigenvalue weighted by Gasteiger charge is -2.37. The van der Waals surface area contributed by atoms with Crippen LogP contribution in [0.15, 0.2) is 24.3 Å².